The molecule has 1 aromatic rings. The van der Waals surface area contributed by atoms with Crippen molar-refractivity contribution in [2.45, 2.75) is 20.0 Å². The van der Waals surface area contributed by atoms with Gasteiger partial charge in [0.15, 0.2) is 11.6 Å². The monoisotopic (exact) mass is 224 g/mol. The topological polar surface area (TPSA) is 36.4 Å². The van der Waals surface area contributed by atoms with Gasteiger partial charge in [0.1, 0.15) is 0 Å². The van der Waals surface area contributed by atoms with Crippen LogP contribution < -0.4 is 4.90 Å². The van der Waals surface area contributed by atoms with Gasteiger partial charge in [-0.05, 0) is 24.3 Å². The number of rotatable bonds is 4. The highest BCUT2D eigenvalue weighted by Gasteiger charge is 2.33. The average molecular weight is 224 g/mol. The van der Waals surface area contributed by atoms with Crippen molar-refractivity contribution in [2.24, 2.45) is 11.8 Å². The van der Waals surface area contributed by atoms with E-state index in [1.165, 1.54) is 18.7 Å². The molecule has 1 saturated carbocycles. The molecule has 0 aromatic carbocycles. The zero-order chi connectivity index (χ0) is 11.7. The van der Waals surface area contributed by atoms with E-state index in [2.05, 4.69) is 11.9 Å². The number of nitrogens with zero attached hydrogens (tertiary/aromatic N) is 2. The van der Waals surface area contributed by atoms with Gasteiger partial charge >= 0.3 is 0 Å². The zero-order valence-electron chi connectivity index (χ0n) is 9.65. The summed E-state index contributed by atoms with van der Waals surface area (Å²) in [5.74, 6) is 1.34. The molecule has 0 saturated heterocycles. The van der Waals surface area contributed by atoms with Gasteiger partial charge in [0.05, 0.1) is 6.61 Å². The Balaban J connectivity index is 2.12. The van der Waals surface area contributed by atoms with Crippen LogP contribution in [0.5, 0.6) is 0 Å². The molecular formula is C12H17FN2O. The third kappa shape index (κ3) is 2.16. The number of hydrogen-bond acceptors (Lipinski definition) is 3. The lowest BCUT2D eigenvalue weighted by molar-refractivity contribution is 0.275. The fourth-order valence-electron chi connectivity index (χ4n) is 1.95. The molecule has 16 heavy (non-hydrogen) atoms. The Morgan fingerprint density at radius 1 is 1.62 bits per heavy atom. The molecule has 0 spiro atoms. The van der Waals surface area contributed by atoms with Gasteiger partial charge in [-0.15, -0.1) is 0 Å². The fourth-order valence-corrected chi connectivity index (χ4v) is 1.95. The van der Waals surface area contributed by atoms with E-state index in [1.807, 2.05) is 11.9 Å². The van der Waals surface area contributed by atoms with E-state index in [4.69, 9.17) is 5.11 Å². The third-order valence-electron chi connectivity index (χ3n) is 3.27. The van der Waals surface area contributed by atoms with Crippen LogP contribution in [0.25, 0.3) is 0 Å². The van der Waals surface area contributed by atoms with Gasteiger partial charge in [0.25, 0.3) is 0 Å². The minimum atomic E-state index is -0.402. The van der Waals surface area contributed by atoms with Crippen LogP contribution in [0.15, 0.2) is 12.3 Å². The molecule has 0 aliphatic heterocycles. The lowest BCUT2D eigenvalue weighted by atomic mass is 10.2. The second kappa shape index (κ2) is 4.37. The van der Waals surface area contributed by atoms with E-state index < -0.39 is 5.82 Å². The molecule has 2 unspecified atom stereocenters. The number of aromatic nitrogens is 1. The van der Waals surface area contributed by atoms with Crippen LogP contribution in [0.1, 0.15) is 18.9 Å². The number of pyridine rings is 1. The van der Waals surface area contributed by atoms with E-state index in [0.29, 0.717) is 17.3 Å². The summed E-state index contributed by atoms with van der Waals surface area (Å²) in [6.45, 7) is 2.75. The van der Waals surface area contributed by atoms with Crippen molar-refractivity contribution in [1.82, 2.24) is 4.98 Å². The highest BCUT2D eigenvalue weighted by atomic mass is 19.1. The van der Waals surface area contributed by atoms with Crippen LogP contribution in [0, 0.1) is 17.7 Å². The lowest BCUT2D eigenvalue weighted by Gasteiger charge is -2.19. The summed E-state index contributed by atoms with van der Waals surface area (Å²) < 4.78 is 13.8. The highest BCUT2D eigenvalue weighted by Crippen LogP contribution is 2.38. The predicted molar refractivity (Wildman–Crippen MR) is 60.7 cm³/mol. The molecule has 1 aliphatic carbocycles. The Morgan fingerprint density at radius 3 is 2.88 bits per heavy atom. The minimum Gasteiger partial charge on any atom is -0.392 e. The van der Waals surface area contributed by atoms with Gasteiger partial charge in [-0.2, -0.15) is 0 Å². The van der Waals surface area contributed by atoms with Crippen LogP contribution >= 0.6 is 0 Å². The molecule has 2 atom stereocenters. The third-order valence-corrected chi connectivity index (χ3v) is 3.27. The molecule has 0 bridgehead atoms. The van der Waals surface area contributed by atoms with Gasteiger partial charge in [-0.1, -0.05) is 6.92 Å². The summed E-state index contributed by atoms with van der Waals surface area (Å²) in [5, 5.41) is 8.97. The van der Waals surface area contributed by atoms with Crippen LogP contribution in [0.3, 0.4) is 0 Å². The number of halogens is 1. The molecule has 3 nitrogen and oxygen atoms in total. The molecule has 1 fully saturated rings. The average Bonchev–Trinajstić information content (AvgIpc) is 2.94. The smallest absolute Gasteiger partial charge is 0.171 e. The van der Waals surface area contributed by atoms with E-state index in [0.717, 1.165) is 12.5 Å². The maximum Gasteiger partial charge on any atom is 0.171 e. The van der Waals surface area contributed by atoms with Crippen molar-refractivity contribution in [1.29, 1.82) is 0 Å². The maximum atomic E-state index is 13.8. The molecule has 0 radical (unpaired) electrons. The van der Waals surface area contributed by atoms with Crippen molar-refractivity contribution >= 4 is 5.82 Å². The number of hydrogen-bond donors (Lipinski definition) is 1. The highest BCUT2D eigenvalue weighted by molar-refractivity contribution is 5.42. The van der Waals surface area contributed by atoms with Crippen molar-refractivity contribution in [3.63, 3.8) is 0 Å². The van der Waals surface area contributed by atoms with E-state index in [-0.39, 0.29) is 6.61 Å². The van der Waals surface area contributed by atoms with E-state index in [9.17, 15) is 4.39 Å². The van der Waals surface area contributed by atoms with Crippen LogP contribution in [0.2, 0.25) is 0 Å². The Kier molecular flexibility index (Phi) is 3.10. The first kappa shape index (κ1) is 11.3. The van der Waals surface area contributed by atoms with Crippen LogP contribution in [0.4, 0.5) is 10.2 Å². The van der Waals surface area contributed by atoms with Gasteiger partial charge in [0.2, 0.25) is 0 Å². The summed E-state index contributed by atoms with van der Waals surface area (Å²) in [6.07, 6.45) is 2.75. The summed E-state index contributed by atoms with van der Waals surface area (Å²) >= 11 is 0. The Morgan fingerprint density at radius 2 is 2.31 bits per heavy atom. The Labute approximate surface area is 94.9 Å². The first-order chi connectivity index (χ1) is 7.63. The van der Waals surface area contributed by atoms with E-state index in [1.54, 1.807) is 0 Å². The number of aliphatic hydroxyl groups is 1. The lowest BCUT2D eigenvalue weighted by Crippen LogP contribution is -2.23. The maximum absolute atomic E-state index is 13.8. The first-order valence-corrected chi connectivity index (χ1v) is 5.59. The second-order valence-electron chi connectivity index (χ2n) is 4.62. The van der Waals surface area contributed by atoms with Crippen molar-refractivity contribution in [3.8, 4) is 0 Å². The molecule has 1 N–H and O–H groups in total. The molecule has 4 heteroatoms. The zero-order valence-corrected chi connectivity index (χ0v) is 9.65. The van der Waals surface area contributed by atoms with Gasteiger partial charge < -0.3 is 10.0 Å². The van der Waals surface area contributed by atoms with Crippen molar-refractivity contribution in [3.05, 3.63) is 23.6 Å². The molecule has 1 aliphatic rings. The van der Waals surface area contributed by atoms with Crippen molar-refractivity contribution < 1.29 is 9.50 Å². The fraction of sp³-hybridized carbons (Fsp3) is 0.583. The molecule has 0 amide bonds. The van der Waals surface area contributed by atoms with Crippen molar-refractivity contribution in [2.75, 3.05) is 18.5 Å². The molecule has 2 rings (SSSR count). The molecule has 1 aromatic heterocycles. The summed E-state index contributed by atoms with van der Waals surface area (Å²) in [7, 11) is 1.84. The first-order valence-electron chi connectivity index (χ1n) is 5.59. The quantitative estimate of drug-likeness (QED) is 0.847. The van der Waals surface area contributed by atoms with Gasteiger partial charge in [-0.25, -0.2) is 9.37 Å². The normalized spacial score (nSPS) is 23.2. The predicted octanol–water partition coefficient (Wildman–Crippen LogP) is 1.81. The number of anilines is 1. The summed E-state index contributed by atoms with van der Waals surface area (Å²) in [6, 6.07) is 1.51. The molecular weight excluding hydrogens is 207 g/mol. The Bertz CT molecular complexity index is 383. The molecule has 88 valence electrons. The van der Waals surface area contributed by atoms with Gasteiger partial charge in [0, 0.05) is 25.4 Å². The Hall–Kier alpha value is -1.16. The van der Waals surface area contributed by atoms with E-state index >= 15 is 0 Å². The van der Waals surface area contributed by atoms with Crippen LogP contribution in [-0.2, 0) is 6.61 Å². The summed E-state index contributed by atoms with van der Waals surface area (Å²) in [4.78, 5) is 5.87. The van der Waals surface area contributed by atoms with Gasteiger partial charge in [-0.3, -0.25) is 0 Å². The van der Waals surface area contributed by atoms with Crippen LogP contribution in [-0.4, -0.2) is 23.7 Å². The minimum absolute atomic E-state index is 0.283. The molecule has 1 heterocycles. The largest absolute Gasteiger partial charge is 0.392 e. The SMILES string of the molecule is CC1CC1CN(C)c1nccc(CO)c1F. The standard InChI is InChI=1S/C12H17FN2O/c1-8-5-10(8)6-15(2)12-11(13)9(7-16)3-4-14-12/h3-4,8,10,16H,5-7H2,1-2H3. The second-order valence-corrected chi connectivity index (χ2v) is 4.62. The summed E-state index contributed by atoms with van der Waals surface area (Å²) in [5.41, 5.74) is 0.306. The number of aliphatic hydroxyl groups excluding tert-OH is 1.